The lowest BCUT2D eigenvalue weighted by atomic mass is 10.1. The fourth-order valence-electron chi connectivity index (χ4n) is 1.47. The zero-order valence-electron chi connectivity index (χ0n) is 6.91. The van der Waals surface area contributed by atoms with Crippen LogP contribution in [0.1, 0.15) is 17.3 Å². The highest BCUT2D eigenvalue weighted by atomic mass is 15.1. The van der Waals surface area contributed by atoms with E-state index in [9.17, 15) is 0 Å². The second kappa shape index (κ2) is 2.60. The number of fused-ring (bicyclic) bond motifs is 1. The second-order valence-electron chi connectivity index (χ2n) is 2.78. The molecule has 0 radical (unpaired) electrons. The van der Waals surface area contributed by atoms with Crippen LogP contribution in [0.5, 0.6) is 0 Å². The molecule has 0 spiro atoms. The van der Waals surface area contributed by atoms with E-state index >= 15 is 0 Å². The van der Waals surface area contributed by atoms with Gasteiger partial charge < -0.3 is 11.1 Å². The summed E-state index contributed by atoms with van der Waals surface area (Å²) < 4.78 is 0. The Morgan fingerprint density at radius 2 is 2.17 bits per heavy atom. The number of hydrogen-bond acceptors (Lipinski definition) is 2. The van der Waals surface area contributed by atoms with Gasteiger partial charge in [-0.15, -0.1) is 0 Å². The molecule has 1 aliphatic heterocycles. The first kappa shape index (κ1) is 7.31. The minimum absolute atomic E-state index is 0.0973. The maximum Gasteiger partial charge on any atom is 0.129 e. The maximum atomic E-state index is 5.82. The van der Waals surface area contributed by atoms with Crippen molar-refractivity contribution in [3.8, 4) is 0 Å². The van der Waals surface area contributed by atoms with Gasteiger partial charge in [-0.3, -0.25) is 4.99 Å². The molecule has 1 atom stereocenters. The molecule has 0 amide bonds. The van der Waals surface area contributed by atoms with Crippen LogP contribution >= 0.6 is 0 Å². The molecule has 12 heavy (non-hydrogen) atoms. The summed E-state index contributed by atoms with van der Waals surface area (Å²) in [7, 11) is 1.76. The van der Waals surface area contributed by atoms with Gasteiger partial charge in [-0.1, -0.05) is 24.3 Å². The third-order valence-corrected chi connectivity index (χ3v) is 2.07. The van der Waals surface area contributed by atoms with E-state index in [1.165, 1.54) is 0 Å². The molecule has 0 saturated heterocycles. The molecule has 3 nitrogen and oxygen atoms in total. The lowest BCUT2D eigenvalue weighted by molar-refractivity contribution is 0.708. The van der Waals surface area contributed by atoms with Crippen LogP contribution in [-0.4, -0.2) is 12.9 Å². The Labute approximate surface area is 71.3 Å². The molecule has 1 aromatic rings. The van der Waals surface area contributed by atoms with Crippen LogP contribution in [0.2, 0.25) is 0 Å². The Morgan fingerprint density at radius 1 is 1.42 bits per heavy atom. The van der Waals surface area contributed by atoms with Gasteiger partial charge in [-0.2, -0.15) is 0 Å². The average molecular weight is 161 g/mol. The van der Waals surface area contributed by atoms with Crippen molar-refractivity contribution in [3.63, 3.8) is 0 Å². The summed E-state index contributed by atoms with van der Waals surface area (Å²) in [5.41, 5.74) is 8.06. The molecule has 0 saturated carbocycles. The monoisotopic (exact) mass is 161 g/mol. The Kier molecular flexibility index (Phi) is 1.59. The van der Waals surface area contributed by atoms with E-state index in [-0.39, 0.29) is 6.17 Å². The summed E-state index contributed by atoms with van der Waals surface area (Å²) in [6, 6.07) is 8.02. The Hall–Kier alpha value is -1.35. The number of benzene rings is 1. The summed E-state index contributed by atoms with van der Waals surface area (Å²) >= 11 is 0. The average Bonchev–Trinajstić information content (AvgIpc) is 2.44. The van der Waals surface area contributed by atoms with Gasteiger partial charge in [0.05, 0.1) is 0 Å². The summed E-state index contributed by atoms with van der Waals surface area (Å²) in [6.45, 7) is 0. The number of nitrogens with two attached hydrogens (primary N) is 1. The predicted molar refractivity (Wildman–Crippen MR) is 49.0 cm³/mol. The zero-order chi connectivity index (χ0) is 8.55. The summed E-state index contributed by atoms with van der Waals surface area (Å²) in [5.74, 6) is 0.887. The van der Waals surface area contributed by atoms with Crippen molar-refractivity contribution < 1.29 is 0 Å². The molecule has 3 heteroatoms. The predicted octanol–water partition coefficient (Wildman–Crippen LogP) is 0.623. The molecule has 0 fully saturated rings. The third-order valence-electron chi connectivity index (χ3n) is 2.07. The van der Waals surface area contributed by atoms with Crippen LogP contribution in [0, 0.1) is 0 Å². The normalized spacial score (nSPS) is 23.8. The van der Waals surface area contributed by atoms with Gasteiger partial charge in [0, 0.05) is 12.6 Å². The molecule has 1 heterocycles. The molecule has 1 aliphatic rings. The van der Waals surface area contributed by atoms with Crippen molar-refractivity contribution >= 4 is 5.84 Å². The largest absolute Gasteiger partial charge is 0.351 e. The van der Waals surface area contributed by atoms with Crippen molar-refractivity contribution in [2.45, 2.75) is 6.17 Å². The highest BCUT2D eigenvalue weighted by Crippen LogP contribution is 2.20. The van der Waals surface area contributed by atoms with Gasteiger partial charge in [0.15, 0.2) is 0 Å². The number of aliphatic imine (C=N–C) groups is 1. The van der Waals surface area contributed by atoms with E-state index in [1.54, 1.807) is 7.05 Å². The van der Waals surface area contributed by atoms with Gasteiger partial charge in [0.1, 0.15) is 12.0 Å². The minimum Gasteiger partial charge on any atom is -0.351 e. The Bertz CT molecular complexity index is 330. The summed E-state index contributed by atoms with van der Waals surface area (Å²) in [6.07, 6.45) is -0.0973. The van der Waals surface area contributed by atoms with E-state index in [0.717, 1.165) is 17.0 Å². The standard InChI is InChI=1S/C9H11N3/c1-11-9-7-5-3-2-4-6(7)8(10)12-9/h2-5,8H,10H2,1H3,(H,11,12). The number of hydrogen-bond donors (Lipinski definition) is 2. The Morgan fingerprint density at radius 3 is 2.92 bits per heavy atom. The van der Waals surface area contributed by atoms with Crippen LogP contribution < -0.4 is 11.1 Å². The van der Waals surface area contributed by atoms with Crippen LogP contribution in [0.15, 0.2) is 29.3 Å². The molecule has 1 aromatic carbocycles. The molecule has 0 aromatic heterocycles. The fraction of sp³-hybridized carbons (Fsp3) is 0.222. The first-order chi connectivity index (χ1) is 5.83. The van der Waals surface area contributed by atoms with Crippen molar-refractivity contribution in [3.05, 3.63) is 35.4 Å². The molecular weight excluding hydrogens is 150 g/mol. The van der Waals surface area contributed by atoms with Crippen LogP contribution in [0.25, 0.3) is 0 Å². The second-order valence-corrected chi connectivity index (χ2v) is 2.78. The maximum absolute atomic E-state index is 5.82. The van der Waals surface area contributed by atoms with Crippen molar-refractivity contribution in [2.24, 2.45) is 10.7 Å². The Balaban J connectivity index is 2.57. The smallest absolute Gasteiger partial charge is 0.129 e. The zero-order valence-corrected chi connectivity index (χ0v) is 6.91. The van der Waals surface area contributed by atoms with E-state index < -0.39 is 0 Å². The molecule has 62 valence electrons. The van der Waals surface area contributed by atoms with E-state index in [1.807, 2.05) is 24.3 Å². The van der Waals surface area contributed by atoms with Crippen LogP contribution in [0.3, 0.4) is 0 Å². The molecule has 1 unspecified atom stereocenters. The lowest BCUT2D eigenvalue weighted by Gasteiger charge is -2.02. The van der Waals surface area contributed by atoms with Gasteiger partial charge in [-0.25, -0.2) is 0 Å². The summed E-state index contributed by atoms with van der Waals surface area (Å²) in [4.78, 5) is 4.10. The molecule has 3 N–H and O–H groups in total. The van der Waals surface area contributed by atoms with Crippen molar-refractivity contribution in [1.82, 2.24) is 5.32 Å². The molecule has 2 rings (SSSR count). The quantitative estimate of drug-likeness (QED) is 0.586. The van der Waals surface area contributed by atoms with E-state index in [2.05, 4.69) is 10.3 Å². The summed E-state index contributed by atoms with van der Waals surface area (Å²) in [5, 5.41) is 3.10. The van der Waals surface area contributed by atoms with Gasteiger partial charge >= 0.3 is 0 Å². The first-order valence-electron chi connectivity index (χ1n) is 3.91. The van der Waals surface area contributed by atoms with Gasteiger partial charge in [0.2, 0.25) is 0 Å². The third kappa shape index (κ3) is 0.905. The van der Waals surface area contributed by atoms with E-state index in [0.29, 0.717) is 0 Å². The number of amidine groups is 1. The number of nitrogens with one attached hydrogen (secondary N) is 1. The van der Waals surface area contributed by atoms with Gasteiger partial charge in [0.25, 0.3) is 0 Å². The lowest BCUT2D eigenvalue weighted by Crippen LogP contribution is -2.26. The molecular formula is C9H11N3. The van der Waals surface area contributed by atoms with E-state index in [4.69, 9.17) is 5.73 Å². The van der Waals surface area contributed by atoms with Crippen molar-refractivity contribution in [1.29, 1.82) is 0 Å². The molecule has 0 bridgehead atoms. The topological polar surface area (TPSA) is 50.4 Å². The highest BCUT2D eigenvalue weighted by molar-refractivity contribution is 6.03. The molecule has 0 aliphatic carbocycles. The number of rotatable bonds is 0. The SMILES string of the molecule is CN=C1NC(N)c2ccccc21. The fourth-order valence-corrected chi connectivity index (χ4v) is 1.47. The van der Waals surface area contributed by atoms with Crippen LogP contribution in [-0.2, 0) is 0 Å². The van der Waals surface area contributed by atoms with Crippen LogP contribution in [0.4, 0.5) is 0 Å². The highest BCUT2D eigenvalue weighted by Gasteiger charge is 2.22. The van der Waals surface area contributed by atoms with Gasteiger partial charge in [-0.05, 0) is 5.56 Å². The first-order valence-corrected chi connectivity index (χ1v) is 3.91. The van der Waals surface area contributed by atoms with Crippen molar-refractivity contribution in [2.75, 3.05) is 7.05 Å². The number of nitrogens with zero attached hydrogens (tertiary/aromatic N) is 1. The minimum atomic E-state index is -0.0973.